The summed E-state index contributed by atoms with van der Waals surface area (Å²) in [6.45, 7) is 10.8. The van der Waals surface area contributed by atoms with Crippen molar-refractivity contribution >= 4 is 23.1 Å². The van der Waals surface area contributed by atoms with Crippen molar-refractivity contribution in [2.24, 2.45) is 5.92 Å². The van der Waals surface area contributed by atoms with E-state index in [1.54, 1.807) is 26.5 Å². The maximum Gasteiger partial charge on any atom is 0.246 e. The zero-order chi connectivity index (χ0) is 21.6. The van der Waals surface area contributed by atoms with Crippen LogP contribution in [0.5, 0.6) is 11.5 Å². The molecule has 31 heavy (non-hydrogen) atoms. The van der Waals surface area contributed by atoms with Crippen molar-refractivity contribution in [3.8, 4) is 11.5 Å². The molecule has 1 aromatic carbocycles. The Labute approximate surface area is 183 Å². The Morgan fingerprint density at radius 3 is 2.61 bits per heavy atom. The van der Waals surface area contributed by atoms with E-state index in [1.807, 2.05) is 12.1 Å². The van der Waals surface area contributed by atoms with Crippen molar-refractivity contribution in [3.05, 3.63) is 35.8 Å². The molecule has 2 saturated heterocycles. The van der Waals surface area contributed by atoms with Crippen molar-refractivity contribution in [2.45, 2.75) is 38.1 Å². The highest BCUT2D eigenvalue weighted by Crippen LogP contribution is 2.32. The van der Waals surface area contributed by atoms with Gasteiger partial charge in [-0.2, -0.15) is 0 Å². The number of hydrogen-bond acceptors (Lipinski definition) is 7. The van der Waals surface area contributed by atoms with Gasteiger partial charge >= 0.3 is 0 Å². The molecule has 164 valence electrons. The van der Waals surface area contributed by atoms with E-state index in [-0.39, 0.29) is 0 Å². The molecule has 4 rings (SSSR count). The normalized spacial score (nSPS) is 20.9. The largest absolute Gasteiger partial charge is 0.497 e. The topological polar surface area (TPSA) is 75.9 Å². The van der Waals surface area contributed by atoms with E-state index < -0.39 is 0 Å². The van der Waals surface area contributed by atoms with Crippen LogP contribution in [0, 0.1) is 12.5 Å². The maximum absolute atomic E-state index is 7.50. The van der Waals surface area contributed by atoms with Crippen LogP contribution >= 0.6 is 0 Å². The van der Waals surface area contributed by atoms with Crippen LogP contribution in [0.3, 0.4) is 0 Å². The van der Waals surface area contributed by atoms with Crippen LogP contribution in [0.4, 0.5) is 23.1 Å². The van der Waals surface area contributed by atoms with Crippen molar-refractivity contribution in [3.63, 3.8) is 0 Å². The second-order valence-electron chi connectivity index (χ2n) is 8.15. The number of fused-ring (bicyclic) bond motifs is 1. The first-order chi connectivity index (χ1) is 15.2. The summed E-state index contributed by atoms with van der Waals surface area (Å²) in [7, 11) is 3.22. The van der Waals surface area contributed by atoms with Crippen LogP contribution in [-0.4, -0.2) is 54.8 Å². The molecule has 0 unspecified atom stereocenters. The Kier molecular flexibility index (Phi) is 6.73. The van der Waals surface area contributed by atoms with Crippen molar-refractivity contribution in [1.82, 2.24) is 14.9 Å². The fourth-order valence-electron chi connectivity index (χ4n) is 4.70. The standard InChI is InChI=1S/C23H30N6O2/c1-24-20-15-26-23(27-17-11-18(30-2)13-19(12-17)31-3)28-22(20)25-14-16-7-6-10-29-9-5-4-8-21(16)29/h11-13,15-16,21H,4-10,14H2,2-3H3,(H2,25,26,27,28)/t16-,21+/m0/s1. The minimum absolute atomic E-state index is 0.424. The molecule has 2 aliphatic heterocycles. The van der Waals surface area contributed by atoms with E-state index in [1.165, 1.54) is 45.2 Å². The summed E-state index contributed by atoms with van der Waals surface area (Å²) in [5.41, 5.74) is 1.19. The molecule has 8 heteroatoms. The smallest absolute Gasteiger partial charge is 0.246 e. The van der Waals surface area contributed by atoms with Crippen molar-refractivity contribution in [1.29, 1.82) is 0 Å². The van der Waals surface area contributed by atoms with E-state index in [9.17, 15) is 0 Å². The predicted molar refractivity (Wildman–Crippen MR) is 122 cm³/mol. The molecule has 0 radical (unpaired) electrons. The molecule has 2 aromatic rings. The molecule has 0 amide bonds. The van der Waals surface area contributed by atoms with Gasteiger partial charge in [0.05, 0.1) is 20.8 Å². The quantitative estimate of drug-likeness (QED) is 0.638. The Bertz CT molecular complexity index is 920. The van der Waals surface area contributed by atoms with E-state index in [4.69, 9.17) is 16.0 Å². The molecule has 8 nitrogen and oxygen atoms in total. The fourth-order valence-corrected chi connectivity index (χ4v) is 4.70. The lowest BCUT2D eigenvalue weighted by molar-refractivity contribution is 0.0649. The lowest BCUT2D eigenvalue weighted by Crippen LogP contribution is -2.49. The number of benzene rings is 1. The number of methoxy groups -OCH3 is 2. The molecule has 0 saturated carbocycles. The van der Waals surface area contributed by atoms with Crippen LogP contribution in [0.25, 0.3) is 4.85 Å². The first-order valence-electron chi connectivity index (χ1n) is 10.9. The molecule has 2 fully saturated rings. The Morgan fingerprint density at radius 2 is 1.87 bits per heavy atom. The number of hydrogen-bond donors (Lipinski definition) is 2. The minimum Gasteiger partial charge on any atom is -0.497 e. The maximum atomic E-state index is 7.50. The average Bonchev–Trinajstić information content (AvgIpc) is 2.82. The number of anilines is 3. The third kappa shape index (κ3) is 5.00. The van der Waals surface area contributed by atoms with E-state index >= 15 is 0 Å². The number of nitrogens with zero attached hydrogens (tertiary/aromatic N) is 4. The molecule has 1 aromatic heterocycles. The summed E-state index contributed by atoms with van der Waals surface area (Å²) in [4.78, 5) is 15.2. The zero-order valence-electron chi connectivity index (χ0n) is 18.2. The number of ether oxygens (including phenoxy) is 2. The summed E-state index contributed by atoms with van der Waals surface area (Å²) in [6, 6.07) is 6.15. The van der Waals surface area contributed by atoms with Crippen molar-refractivity contribution < 1.29 is 9.47 Å². The highest BCUT2D eigenvalue weighted by atomic mass is 16.5. The van der Waals surface area contributed by atoms with E-state index in [2.05, 4.69) is 30.3 Å². The van der Waals surface area contributed by atoms with Gasteiger partial charge in [-0.25, -0.2) is 14.8 Å². The van der Waals surface area contributed by atoms with Gasteiger partial charge in [0.1, 0.15) is 17.3 Å². The number of nitrogens with one attached hydrogen (secondary N) is 2. The van der Waals surface area contributed by atoms with Gasteiger partial charge in [0.25, 0.3) is 0 Å². The van der Waals surface area contributed by atoms with Crippen molar-refractivity contribution in [2.75, 3.05) is 44.5 Å². The third-order valence-corrected chi connectivity index (χ3v) is 6.26. The van der Waals surface area contributed by atoms with Gasteiger partial charge in [-0.1, -0.05) is 6.42 Å². The van der Waals surface area contributed by atoms with E-state index in [0.717, 1.165) is 12.2 Å². The summed E-state index contributed by atoms with van der Waals surface area (Å²) in [5, 5.41) is 6.65. The van der Waals surface area contributed by atoms with Gasteiger partial charge in [-0.3, -0.25) is 0 Å². The molecular formula is C23H30N6O2. The highest BCUT2D eigenvalue weighted by Gasteiger charge is 2.32. The van der Waals surface area contributed by atoms with Gasteiger partial charge in [0.2, 0.25) is 11.6 Å². The number of piperidine rings is 2. The molecular weight excluding hydrogens is 392 g/mol. The van der Waals surface area contributed by atoms with Crippen LogP contribution < -0.4 is 20.1 Å². The summed E-state index contributed by atoms with van der Waals surface area (Å²) in [6.07, 6.45) is 7.94. The van der Waals surface area contributed by atoms with Crippen LogP contribution in [0.2, 0.25) is 0 Å². The molecule has 2 N–H and O–H groups in total. The predicted octanol–water partition coefficient (Wildman–Crippen LogP) is 4.46. The number of rotatable bonds is 7. The molecule has 0 bridgehead atoms. The second kappa shape index (κ2) is 9.84. The monoisotopic (exact) mass is 422 g/mol. The summed E-state index contributed by atoms with van der Waals surface area (Å²) >= 11 is 0. The van der Waals surface area contributed by atoms with Gasteiger partial charge in [-0.05, 0) is 44.7 Å². The molecule has 2 atom stereocenters. The molecule has 0 aliphatic carbocycles. The SMILES string of the molecule is [C-]#[N+]c1cnc(Nc2cc(OC)cc(OC)c2)nc1NC[C@@H]1CCCN2CCCC[C@H]12. The third-order valence-electron chi connectivity index (χ3n) is 6.26. The molecule has 3 heterocycles. The Hall–Kier alpha value is -3.05. The second-order valence-corrected chi connectivity index (χ2v) is 8.15. The zero-order valence-corrected chi connectivity index (χ0v) is 18.2. The van der Waals surface area contributed by atoms with Gasteiger partial charge in [0, 0.05) is 42.7 Å². The van der Waals surface area contributed by atoms with Gasteiger partial charge in [-0.15, -0.1) is 0 Å². The molecule has 2 aliphatic rings. The van der Waals surface area contributed by atoms with Crippen LogP contribution in [0.15, 0.2) is 24.4 Å². The summed E-state index contributed by atoms with van der Waals surface area (Å²) in [5.74, 6) is 2.93. The highest BCUT2D eigenvalue weighted by molar-refractivity contribution is 5.67. The Balaban J connectivity index is 1.48. The van der Waals surface area contributed by atoms with Gasteiger partial charge < -0.3 is 25.0 Å². The Morgan fingerprint density at radius 1 is 1.10 bits per heavy atom. The summed E-state index contributed by atoms with van der Waals surface area (Å²) < 4.78 is 10.7. The van der Waals surface area contributed by atoms with Gasteiger partial charge in [0.15, 0.2) is 0 Å². The number of aromatic nitrogens is 2. The average molecular weight is 423 g/mol. The van der Waals surface area contributed by atoms with Crippen LogP contribution in [0.1, 0.15) is 32.1 Å². The molecule has 0 spiro atoms. The lowest BCUT2D eigenvalue weighted by atomic mass is 9.83. The van der Waals surface area contributed by atoms with E-state index in [0.29, 0.717) is 40.9 Å². The first kappa shape index (κ1) is 21.2. The first-order valence-corrected chi connectivity index (χ1v) is 10.9. The minimum atomic E-state index is 0.424. The van der Waals surface area contributed by atoms with Crippen LogP contribution in [-0.2, 0) is 0 Å². The fraction of sp³-hybridized carbons (Fsp3) is 0.522. The lowest BCUT2D eigenvalue weighted by Gasteiger charge is -2.44.